The van der Waals surface area contributed by atoms with Gasteiger partial charge in [-0.15, -0.1) is 0 Å². The van der Waals surface area contributed by atoms with Crippen molar-refractivity contribution in [2.24, 2.45) is 0 Å². The summed E-state index contributed by atoms with van der Waals surface area (Å²) in [6.07, 6.45) is -3.41. The third kappa shape index (κ3) is 2.72. The number of carboxylic acids is 1. The SMILES string of the molecule is O=C(O)Cc1cc(C(F)F)cc(F)n1. The molecule has 0 saturated carbocycles. The van der Waals surface area contributed by atoms with Crippen LogP contribution in [0.2, 0.25) is 0 Å². The second-order valence-corrected chi connectivity index (χ2v) is 2.59. The highest BCUT2D eigenvalue weighted by Crippen LogP contribution is 2.19. The monoisotopic (exact) mass is 205 g/mol. The van der Waals surface area contributed by atoms with Crippen molar-refractivity contribution in [1.82, 2.24) is 4.98 Å². The van der Waals surface area contributed by atoms with Crippen LogP contribution >= 0.6 is 0 Å². The molecule has 1 aromatic rings. The molecule has 14 heavy (non-hydrogen) atoms. The number of nitrogens with zero attached hydrogens (tertiary/aromatic N) is 1. The van der Waals surface area contributed by atoms with E-state index < -0.39 is 30.3 Å². The van der Waals surface area contributed by atoms with E-state index >= 15 is 0 Å². The number of aromatic nitrogens is 1. The van der Waals surface area contributed by atoms with Crippen molar-refractivity contribution < 1.29 is 23.1 Å². The highest BCUT2D eigenvalue weighted by Gasteiger charge is 2.12. The molecule has 0 aromatic carbocycles. The molecule has 0 aliphatic carbocycles. The molecule has 0 bridgehead atoms. The number of hydrogen-bond donors (Lipinski definition) is 1. The summed E-state index contributed by atoms with van der Waals surface area (Å²) in [6, 6.07) is 1.46. The van der Waals surface area contributed by atoms with Gasteiger partial charge in [0.1, 0.15) is 0 Å². The van der Waals surface area contributed by atoms with Crippen LogP contribution in [0.25, 0.3) is 0 Å². The van der Waals surface area contributed by atoms with Crippen LogP contribution in [-0.4, -0.2) is 16.1 Å². The van der Waals surface area contributed by atoms with Gasteiger partial charge in [-0.2, -0.15) is 4.39 Å². The molecule has 0 spiro atoms. The zero-order valence-corrected chi connectivity index (χ0v) is 6.88. The molecule has 0 aliphatic rings. The molecule has 0 saturated heterocycles. The Morgan fingerprint density at radius 3 is 2.64 bits per heavy atom. The lowest BCUT2D eigenvalue weighted by atomic mass is 10.2. The van der Waals surface area contributed by atoms with E-state index in [0.29, 0.717) is 6.07 Å². The molecule has 3 nitrogen and oxygen atoms in total. The zero-order valence-electron chi connectivity index (χ0n) is 6.88. The summed E-state index contributed by atoms with van der Waals surface area (Å²) in [7, 11) is 0. The first kappa shape index (κ1) is 10.5. The van der Waals surface area contributed by atoms with Gasteiger partial charge < -0.3 is 5.11 Å². The number of alkyl halides is 2. The Morgan fingerprint density at radius 2 is 2.14 bits per heavy atom. The van der Waals surface area contributed by atoms with Crippen molar-refractivity contribution in [3.05, 3.63) is 29.3 Å². The van der Waals surface area contributed by atoms with E-state index in [-0.39, 0.29) is 5.69 Å². The minimum absolute atomic E-state index is 0.215. The molecular weight excluding hydrogens is 199 g/mol. The van der Waals surface area contributed by atoms with Gasteiger partial charge >= 0.3 is 5.97 Å². The number of aliphatic carboxylic acids is 1. The molecule has 1 N–H and O–H groups in total. The first-order chi connectivity index (χ1) is 6.49. The predicted molar refractivity (Wildman–Crippen MR) is 40.5 cm³/mol. The molecular formula is C8H6F3NO2. The van der Waals surface area contributed by atoms with E-state index in [1.807, 2.05) is 0 Å². The Bertz CT molecular complexity index is 354. The summed E-state index contributed by atoms with van der Waals surface area (Å²) in [6.45, 7) is 0. The average molecular weight is 205 g/mol. The van der Waals surface area contributed by atoms with Gasteiger partial charge in [-0.3, -0.25) is 4.79 Å². The molecule has 1 rings (SSSR count). The molecule has 1 aromatic heterocycles. The molecule has 0 unspecified atom stereocenters. The fourth-order valence-corrected chi connectivity index (χ4v) is 0.945. The van der Waals surface area contributed by atoms with E-state index in [0.717, 1.165) is 6.07 Å². The van der Waals surface area contributed by atoms with Crippen molar-refractivity contribution in [2.45, 2.75) is 12.8 Å². The van der Waals surface area contributed by atoms with E-state index in [4.69, 9.17) is 5.11 Å². The molecule has 1 heterocycles. The molecule has 6 heteroatoms. The van der Waals surface area contributed by atoms with Gasteiger partial charge in [-0.25, -0.2) is 13.8 Å². The topological polar surface area (TPSA) is 50.2 Å². The van der Waals surface area contributed by atoms with Gasteiger partial charge in [-0.1, -0.05) is 0 Å². The first-order valence-electron chi connectivity index (χ1n) is 3.65. The second-order valence-electron chi connectivity index (χ2n) is 2.59. The highest BCUT2D eigenvalue weighted by molar-refractivity contribution is 5.69. The summed E-state index contributed by atoms with van der Waals surface area (Å²) in [5, 5.41) is 8.34. The lowest BCUT2D eigenvalue weighted by Gasteiger charge is -2.02. The summed E-state index contributed by atoms with van der Waals surface area (Å²) in [4.78, 5) is 13.4. The number of hydrogen-bond acceptors (Lipinski definition) is 2. The Kier molecular flexibility index (Phi) is 3.06. The lowest BCUT2D eigenvalue weighted by Crippen LogP contribution is -2.04. The first-order valence-corrected chi connectivity index (χ1v) is 3.65. The number of carbonyl (C=O) groups is 1. The van der Waals surface area contributed by atoms with Gasteiger partial charge in [0.2, 0.25) is 5.95 Å². The van der Waals surface area contributed by atoms with Crippen LogP contribution in [0.3, 0.4) is 0 Å². The minimum atomic E-state index is -2.83. The van der Waals surface area contributed by atoms with E-state index in [9.17, 15) is 18.0 Å². The van der Waals surface area contributed by atoms with Gasteiger partial charge in [0, 0.05) is 11.6 Å². The van der Waals surface area contributed by atoms with Crippen LogP contribution in [0.4, 0.5) is 13.2 Å². The van der Waals surface area contributed by atoms with Crippen LogP contribution in [0.5, 0.6) is 0 Å². The summed E-state index contributed by atoms with van der Waals surface area (Å²) in [5.41, 5.74) is -0.776. The van der Waals surface area contributed by atoms with E-state index in [2.05, 4.69) is 4.98 Å². The average Bonchev–Trinajstić information content (AvgIpc) is 2.01. The maximum absolute atomic E-state index is 12.6. The van der Waals surface area contributed by atoms with Crippen LogP contribution in [0.1, 0.15) is 17.7 Å². The molecule has 0 atom stereocenters. The molecule has 0 amide bonds. The second kappa shape index (κ2) is 4.08. The van der Waals surface area contributed by atoms with Gasteiger partial charge in [0.05, 0.1) is 12.1 Å². The van der Waals surface area contributed by atoms with Crippen LogP contribution < -0.4 is 0 Å². The maximum atomic E-state index is 12.6. The smallest absolute Gasteiger partial charge is 0.309 e. The number of carboxylic acid groups (broad SMARTS) is 1. The van der Waals surface area contributed by atoms with Gasteiger partial charge in [-0.05, 0) is 6.07 Å². The number of halogens is 3. The normalized spacial score (nSPS) is 10.6. The van der Waals surface area contributed by atoms with Crippen LogP contribution in [0, 0.1) is 5.95 Å². The van der Waals surface area contributed by atoms with E-state index in [1.165, 1.54) is 0 Å². The Morgan fingerprint density at radius 1 is 1.50 bits per heavy atom. The van der Waals surface area contributed by atoms with Gasteiger partial charge in [0.15, 0.2) is 0 Å². The third-order valence-electron chi connectivity index (χ3n) is 1.45. The number of rotatable bonds is 3. The Labute approximate surface area is 77.2 Å². The fraction of sp³-hybridized carbons (Fsp3) is 0.250. The molecule has 0 fully saturated rings. The summed E-state index contributed by atoms with van der Waals surface area (Å²) >= 11 is 0. The minimum Gasteiger partial charge on any atom is -0.481 e. The Hall–Kier alpha value is -1.59. The highest BCUT2D eigenvalue weighted by atomic mass is 19.3. The molecule has 0 radical (unpaired) electrons. The Balaban J connectivity index is 3.01. The predicted octanol–water partition coefficient (Wildman–Crippen LogP) is 1.79. The lowest BCUT2D eigenvalue weighted by molar-refractivity contribution is -0.136. The zero-order chi connectivity index (χ0) is 10.7. The van der Waals surface area contributed by atoms with E-state index in [1.54, 1.807) is 0 Å². The van der Waals surface area contributed by atoms with Crippen molar-refractivity contribution in [1.29, 1.82) is 0 Å². The molecule has 76 valence electrons. The fourth-order valence-electron chi connectivity index (χ4n) is 0.945. The van der Waals surface area contributed by atoms with Crippen LogP contribution in [0.15, 0.2) is 12.1 Å². The van der Waals surface area contributed by atoms with Crippen molar-refractivity contribution in [3.63, 3.8) is 0 Å². The standard InChI is InChI=1S/C8H6F3NO2/c9-6-2-4(8(10)11)1-5(12-6)3-7(13)14/h1-2,8H,3H2,(H,13,14). The van der Waals surface area contributed by atoms with Crippen molar-refractivity contribution in [2.75, 3.05) is 0 Å². The number of pyridine rings is 1. The van der Waals surface area contributed by atoms with Crippen molar-refractivity contribution >= 4 is 5.97 Å². The van der Waals surface area contributed by atoms with Crippen LogP contribution in [-0.2, 0) is 11.2 Å². The quantitative estimate of drug-likeness (QED) is 0.765. The molecule has 0 aliphatic heterocycles. The maximum Gasteiger partial charge on any atom is 0.309 e. The third-order valence-corrected chi connectivity index (χ3v) is 1.45. The summed E-state index contributed by atoms with van der Waals surface area (Å²) < 4.78 is 36.8. The summed E-state index contributed by atoms with van der Waals surface area (Å²) in [5.74, 6) is -2.35. The van der Waals surface area contributed by atoms with Gasteiger partial charge in [0.25, 0.3) is 6.43 Å². The van der Waals surface area contributed by atoms with Crippen molar-refractivity contribution in [3.8, 4) is 0 Å². The largest absolute Gasteiger partial charge is 0.481 e.